The molecule has 0 aliphatic carbocycles. The second-order valence-corrected chi connectivity index (χ2v) is 10.4. The molecule has 0 aliphatic heterocycles. The molecule has 2 rings (SSSR count). The molecule has 1 aromatic carbocycles. The number of ketones is 1. The number of hydrogen-bond donors (Lipinski definition) is 3. The van der Waals surface area contributed by atoms with Crippen LogP contribution in [0.2, 0.25) is 0 Å². The van der Waals surface area contributed by atoms with Gasteiger partial charge in [0.2, 0.25) is 11.7 Å². The van der Waals surface area contributed by atoms with E-state index in [4.69, 9.17) is 0 Å². The van der Waals surface area contributed by atoms with Gasteiger partial charge in [-0.15, -0.1) is 0 Å². The lowest BCUT2D eigenvalue weighted by atomic mass is 9.98. The molecule has 38 heavy (non-hydrogen) atoms. The van der Waals surface area contributed by atoms with E-state index in [0.717, 1.165) is 12.3 Å². The van der Waals surface area contributed by atoms with Gasteiger partial charge >= 0.3 is 6.18 Å². The highest BCUT2D eigenvalue weighted by Gasteiger charge is 2.34. The first kappa shape index (κ1) is 30.5. The maximum absolute atomic E-state index is 13.3. The van der Waals surface area contributed by atoms with Gasteiger partial charge in [-0.05, 0) is 50.8 Å². The number of halogens is 3. The SMILES string of the molecule is CC(C)C[C@H](NC(=O)c1ccc(C(F)(F)F)nc1)C(=O)NC(Cc1ccccc1)C(=O)C(=O)NC(C)(C)C. The maximum Gasteiger partial charge on any atom is 0.433 e. The molecule has 3 N–H and O–H groups in total. The van der Waals surface area contributed by atoms with Crippen molar-refractivity contribution in [2.75, 3.05) is 0 Å². The summed E-state index contributed by atoms with van der Waals surface area (Å²) in [5.41, 5.74) is -1.30. The van der Waals surface area contributed by atoms with Crippen molar-refractivity contribution in [3.8, 4) is 0 Å². The Morgan fingerprint density at radius 3 is 2.03 bits per heavy atom. The number of rotatable bonds is 10. The Bertz CT molecular complexity index is 1130. The zero-order valence-electron chi connectivity index (χ0n) is 22.0. The number of pyridine rings is 1. The molecule has 2 atom stereocenters. The van der Waals surface area contributed by atoms with Crippen molar-refractivity contribution in [3.05, 3.63) is 65.5 Å². The lowest BCUT2D eigenvalue weighted by Gasteiger charge is -2.25. The Labute approximate surface area is 219 Å². The quantitative estimate of drug-likeness (QED) is 0.404. The summed E-state index contributed by atoms with van der Waals surface area (Å²) in [6.45, 7) is 8.78. The van der Waals surface area contributed by atoms with E-state index in [1.54, 1.807) is 51.1 Å². The standard InChI is InChI=1S/C27H33F3N4O4/c1-16(2)13-20(33-23(36)18-11-12-21(31-15-18)27(28,29)30)24(37)32-19(14-17-9-7-6-8-10-17)22(35)25(38)34-26(3,4)5/h6-12,15-16,19-20H,13-14H2,1-5H3,(H,32,37)(H,33,36)(H,34,38)/t19?,20-/m0/s1. The van der Waals surface area contributed by atoms with Crippen LogP contribution >= 0.6 is 0 Å². The molecule has 0 radical (unpaired) electrons. The minimum atomic E-state index is -4.66. The number of nitrogens with zero attached hydrogens (tertiary/aromatic N) is 1. The molecule has 206 valence electrons. The van der Waals surface area contributed by atoms with Crippen LogP contribution in [0.25, 0.3) is 0 Å². The van der Waals surface area contributed by atoms with Crippen LogP contribution in [-0.2, 0) is 27.0 Å². The Morgan fingerprint density at radius 2 is 1.53 bits per heavy atom. The summed E-state index contributed by atoms with van der Waals surface area (Å²) >= 11 is 0. The largest absolute Gasteiger partial charge is 0.433 e. The molecule has 1 aromatic heterocycles. The van der Waals surface area contributed by atoms with Crippen LogP contribution in [0.3, 0.4) is 0 Å². The molecule has 2 aromatic rings. The lowest BCUT2D eigenvalue weighted by Crippen LogP contribution is -2.56. The van der Waals surface area contributed by atoms with E-state index < -0.39 is 53.0 Å². The van der Waals surface area contributed by atoms with Gasteiger partial charge in [0, 0.05) is 18.2 Å². The summed E-state index contributed by atoms with van der Waals surface area (Å²) in [6.07, 6.45) is -3.67. The third-order valence-electron chi connectivity index (χ3n) is 5.27. The van der Waals surface area contributed by atoms with Gasteiger partial charge in [-0.2, -0.15) is 13.2 Å². The first-order chi connectivity index (χ1) is 17.6. The number of hydrogen-bond acceptors (Lipinski definition) is 5. The summed E-state index contributed by atoms with van der Waals surface area (Å²) in [7, 11) is 0. The molecule has 0 spiro atoms. The van der Waals surface area contributed by atoms with Crippen molar-refractivity contribution in [1.29, 1.82) is 0 Å². The van der Waals surface area contributed by atoms with Gasteiger partial charge in [0.1, 0.15) is 17.8 Å². The van der Waals surface area contributed by atoms with Gasteiger partial charge in [-0.1, -0.05) is 44.2 Å². The second kappa shape index (κ2) is 12.7. The Morgan fingerprint density at radius 1 is 0.895 bits per heavy atom. The number of alkyl halides is 3. The highest BCUT2D eigenvalue weighted by molar-refractivity contribution is 6.38. The van der Waals surface area contributed by atoms with Crippen LogP contribution in [0.1, 0.15) is 62.7 Å². The number of carbonyl (C=O) groups excluding carboxylic acids is 4. The van der Waals surface area contributed by atoms with Crippen LogP contribution in [0.15, 0.2) is 48.7 Å². The summed E-state index contributed by atoms with van der Waals surface area (Å²) in [5.74, 6) is -3.28. The highest BCUT2D eigenvalue weighted by Crippen LogP contribution is 2.27. The molecule has 1 unspecified atom stereocenters. The molecule has 8 nitrogen and oxygen atoms in total. The predicted octanol–water partition coefficient (Wildman–Crippen LogP) is 3.46. The molecule has 1 heterocycles. The summed E-state index contributed by atoms with van der Waals surface area (Å²) < 4.78 is 38.4. The van der Waals surface area contributed by atoms with E-state index in [2.05, 4.69) is 20.9 Å². The van der Waals surface area contributed by atoms with Gasteiger partial charge in [-0.3, -0.25) is 24.2 Å². The van der Waals surface area contributed by atoms with Crippen LogP contribution in [0, 0.1) is 5.92 Å². The van der Waals surface area contributed by atoms with E-state index in [9.17, 15) is 32.3 Å². The minimum absolute atomic E-state index is 0.0359. The average Bonchev–Trinajstić information content (AvgIpc) is 2.81. The second-order valence-electron chi connectivity index (χ2n) is 10.4. The van der Waals surface area contributed by atoms with E-state index in [0.29, 0.717) is 11.6 Å². The van der Waals surface area contributed by atoms with Crippen molar-refractivity contribution in [3.63, 3.8) is 0 Å². The zero-order valence-corrected chi connectivity index (χ0v) is 22.0. The zero-order chi connectivity index (χ0) is 28.7. The monoisotopic (exact) mass is 534 g/mol. The summed E-state index contributed by atoms with van der Waals surface area (Å²) in [4.78, 5) is 54.9. The van der Waals surface area contributed by atoms with Crippen molar-refractivity contribution >= 4 is 23.5 Å². The topological polar surface area (TPSA) is 117 Å². The summed E-state index contributed by atoms with van der Waals surface area (Å²) in [5, 5.41) is 7.70. The van der Waals surface area contributed by atoms with Crippen molar-refractivity contribution in [1.82, 2.24) is 20.9 Å². The lowest BCUT2D eigenvalue weighted by molar-refractivity contribution is -0.141. The fraction of sp³-hybridized carbons (Fsp3) is 0.444. The number of Topliss-reactive ketones (excluding diaryl/α,β-unsaturated/α-hetero) is 1. The highest BCUT2D eigenvalue weighted by atomic mass is 19.4. The van der Waals surface area contributed by atoms with Crippen molar-refractivity contribution < 1.29 is 32.3 Å². The number of benzene rings is 1. The molecule has 0 aliphatic rings. The van der Waals surface area contributed by atoms with E-state index >= 15 is 0 Å². The first-order valence-corrected chi connectivity index (χ1v) is 12.1. The van der Waals surface area contributed by atoms with Crippen molar-refractivity contribution in [2.45, 2.75) is 71.3 Å². The number of amides is 3. The number of aromatic nitrogens is 1. The molecule has 0 bridgehead atoms. The smallest absolute Gasteiger partial charge is 0.345 e. The first-order valence-electron chi connectivity index (χ1n) is 12.1. The van der Waals surface area contributed by atoms with Gasteiger partial charge in [-0.25, -0.2) is 0 Å². The number of nitrogens with one attached hydrogen (secondary N) is 3. The fourth-order valence-electron chi connectivity index (χ4n) is 3.53. The van der Waals surface area contributed by atoms with E-state index in [-0.39, 0.29) is 24.3 Å². The minimum Gasteiger partial charge on any atom is -0.345 e. The van der Waals surface area contributed by atoms with Crippen LogP contribution in [0.4, 0.5) is 13.2 Å². The van der Waals surface area contributed by atoms with E-state index in [1.807, 2.05) is 13.8 Å². The average molecular weight is 535 g/mol. The molecule has 0 saturated carbocycles. The normalized spacial score (nSPS) is 13.4. The maximum atomic E-state index is 13.3. The Balaban J connectivity index is 2.25. The van der Waals surface area contributed by atoms with Crippen LogP contribution in [0.5, 0.6) is 0 Å². The Hall–Kier alpha value is -3.76. The van der Waals surface area contributed by atoms with Crippen LogP contribution in [-0.4, -0.2) is 46.1 Å². The van der Waals surface area contributed by atoms with Crippen molar-refractivity contribution in [2.24, 2.45) is 5.92 Å². The fourth-order valence-corrected chi connectivity index (χ4v) is 3.53. The molecule has 0 saturated heterocycles. The van der Waals surface area contributed by atoms with Crippen LogP contribution < -0.4 is 16.0 Å². The summed E-state index contributed by atoms with van der Waals surface area (Å²) in [6, 6.07) is 8.10. The van der Waals surface area contributed by atoms with Gasteiger partial charge in [0.05, 0.1) is 5.56 Å². The predicted molar refractivity (Wildman–Crippen MR) is 135 cm³/mol. The Kier molecular flexibility index (Phi) is 10.1. The van der Waals surface area contributed by atoms with Gasteiger partial charge in [0.15, 0.2) is 0 Å². The molecule has 0 fully saturated rings. The van der Waals surface area contributed by atoms with Gasteiger partial charge in [0.25, 0.3) is 11.8 Å². The third kappa shape index (κ3) is 9.60. The molecule has 11 heteroatoms. The molecule has 3 amide bonds. The van der Waals surface area contributed by atoms with E-state index in [1.165, 1.54) is 0 Å². The third-order valence-corrected chi connectivity index (χ3v) is 5.27. The molecular weight excluding hydrogens is 501 g/mol. The van der Waals surface area contributed by atoms with Gasteiger partial charge < -0.3 is 16.0 Å². The number of carbonyl (C=O) groups is 4. The molecular formula is C27H33F3N4O4.